The maximum atomic E-state index is 10.7. The molecule has 0 aliphatic heterocycles. The van der Waals surface area contributed by atoms with Crippen molar-refractivity contribution in [2.45, 2.75) is 19.1 Å². The molecule has 0 aliphatic carbocycles. The van der Waals surface area contributed by atoms with Crippen LogP contribution in [0.2, 0.25) is 0 Å². The molecule has 1 aromatic heterocycles. The number of aromatic nitrogens is 1. The van der Waals surface area contributed by atoms with Crippen molar-refractivity contribution in [1.29, 1.82) is 0 Å². The molecule has 0 aliphatic rings. The lowest BCUT2D eigenvalue weighted by atomic mass is 10.0. The summed E-state index contributed by atoms with van der Waals surface area (Å²) >= 11 is 0.918. The molecule has 1 heterocycles. The highest BCUT2D eigenvalue weighted by atomic mass is 32.2. The standard InChI is InChI=1S/C11H13NO4S/c1-7(14)17-6-10(15)11(16)9-4-12-3-2-8(9)5-13/h2-5,10-11,15-16H,6H2,1H3. The minimum absolute atomic E-state index is 0.0731. The number of thioether (sulfide) groups is 1. The Labute approximate surface area is 103 Å². The van der Waals surface area contributed by atoms with E-state index in [1.54, 1.807) is 0 Å². The molecule has 0 amide bonds. The second-order valence-corrected chi connectivity index (χ2v) is 4.63. The van der Waals surface area contributed by atoms with Crippen molar-refractivity contribution < 1.29 is 19.8 Å². The molecular formula is C11H13NO4S. The fraction of sp³-hybridized carbons (Fsp3) is 0.364. The van der Waals surface area contributed by atoms with E-state index in [4.69, 9.17) is 0 Å². The lowest BCUT2D eigenvalue weighted by Crippen LogP contribution is -2.22. The Kier molecular flexibility index (Phi) is 5.27. The maximum absolute atomic E-state index is 10.7. The summed E-state index contributed by atoms with van der Waals surface area (Å²) in [5.74, 6) is 0.0731. The average molecular weight is 255 g/mol. The van der Waals surface area contributed by atoms with Gasteiger partial charge in [-0.05, 0) is 6.07 Å². The molecule has 0 saturated heterocycles. The highest BCUT2D eigenvalue weighted by Gasteiger charge is 2.21. The van der Waals surface area contributed by atoms with E-state index >= 15 is 0 Å². The van der Waals surface area contributed by atoms with Crippen molar-refractivity contribution in [1.82, 2.24) is 4.98 Å². The second kappa shape index (κ2) is 6.48. The smallest absolute Gasteiger partial charge is 0.185 e. The Morgan fingerprint density at radius 3 is 2.88 bits per heavy atom. The first-order valence-corrected chi connectivity index (χ1v) is 5.93. The van der Waals surface area contributed by atoms with Crippen molar-refractivity contribution >= 4 is 23.2 Å². The topological polar surface area (TPSA) is 87.5 Å². The van der Waals surface area contributed by atoms with Crippen molar-refractivity contribution in [2.24, 2.45) is 0 Å². The van der Waals surface area contributed by atoms with Crippen LogP contribution in [0.3, 0.4) is 0 Å². The summed E-state index contributed by atoms with van der Waals surface area (Å²) < 4.78 is 0. The molecule has 0 aromatic carbocycles. The monoisotopic (exact) mass is 255 g/mol. The second-order valence-electron chi connectivity index (χ2n) is 3.44. The summed E-state index contributed by atoms with van der Waals surface area (Å²) in [5.41, 5.74) is 0.540. The van der Waals surface area contributed by atoms with Crippen LogP contribution in [0.5, 0.6) is 0 Å². The normalized spacial score (nSPS) is 14.1. The van der Waals surface area contributed by atoms with Gasteiger partial charge >= 0.3 is 0 Å². The molecule has 1 aromatic rings. The van der Waals surface area contributed by atoms with Gasteiger partial charge in [-0.2, -0.15) is 0 Å². The molecule has 0 saturated carbocycles. The van der Waals surface area contributed by atoms with E-state index in [1.807, 2.05) is 0 Å². The molecule has 1 rings (SSSR count). The summed E-state index contributed by atoms with van der Waals surface area (Å²) in [7, 11) is 0. The quantitative estimate of drug-likeness (QED) is 0.748. The zero-order valence-electron chi connectivity index (χ0n) is 9.24. The van der Waals surface area contributed by atoms with Crippen LogP contribution in [-0.2, 0) is 4.79 Å². The predicted octanol–water partition coefficient (Wildman–Crippen LogP) is 0.568. The molecule has 92 valence electrons. The van der Waals surface area contributed by atoms with E-state index in [-0.39, 0.29) is 22.0 Å². The van der Waals surface area contributed by atoms with Crippen LogP contribution in [0.15, 0.2) is 18.5 Å². The third kappa shape index (κ3) is 3.92. The lowest BCUT2D eigenvalue weighted by Gasteiger charge is -2.18. The Morgan fingerprint density at radius 2 is 2.29 bits per heavy atom. The molecule has 17 heavy (non-hydrogen) atoms. The Morgan fingerprint density at radius 1 is 1.59 bits per heavy atom. The molecule has 0 radical (unpaired) electrons. The van der Waals surface area contributed by atoms with E-state index in [9.17, 15) is 19.8 Å². The molecule has 6 heteroatoms. The highest BCUT2D eigenvalue weighted by molar-refractivity contribution is 8.13. The fourth-order valence-corrected chi connectivity index (χ4v) is 1.86. The van der Waals surface area contributed by atoms with Gasteiger partial charge in [-0.3, -0.25) is 14.6 Å². The summed E-state index contributed by atoms with van der Waals surface area (Å²) in [6, 6.07) is 1.45. The third-order valence-electron chi connectivity index (χ3n) is 2.15. The maximum Gasteiger partial charge on any atom is 0.185 e. The number of aliphatic hydroxyl groups excluding tert-OH is 2. The van der Waals surface area contributed by atoms with E-state index in [2.05, 4.69) is 4.98 Å². The highest BCUT2D eigenvalue weighted by Crippen LogP contribution is 2.21. The number of aldehydes is 1. The van der Waals surface area contributed by atoms with Gasteiger partial charge in [-0.25, -0.2) is 0 Å². The van der Waals surface area contributed by atoms with Crippen LogP contribution >= 0.6 is 11.8 Å². The lowest BCUT2D eigenvalue weighted by molar-refractivity contribution is -0.109. The summed E-state index contributed by atoms with van der Waals surface area (Å²) in [5, 5.41) is 19.4. The summed E-state index contributed by atoms with van der Waals surface area (Å²) in [4.78, 5) is 25.3. The SMILES string of the molecule is CC(=O)SCC(O)C(O)c1cnccc1C=O. The van der Waals surface area contributed by atoms with Crippen molar-refractivity contribution in [3.8, 4) is 0 Å². The molecule has 0 bridgehead atoms. The van der Waals surface area contributed by atoms with Gasteiger partial charge in [0.15, 0.2) is 11.4 Å². The van der Waals surface area contributed by atoms with Crippen molar-refractivity contribution in [2.75, 3.05) is 5.75 Å². The average Bonchev–Trinajstić information content (AvgIpc) is 2.34. The Hall–Kier alpha value is -1.24. The largest absolute Gasteiger partial charge is 0.389 e. The van der Waals surface area contributed by atoms with E-state index in [0.717, 1.165) is 11.8 Å². The third-order valence-corrected chi connectivity index (χ3v) is 3.07. The minimum Gasteiger partial charge on any atom is -0.389 e. The van der Waals surface area contributed by atoms with Gasteiger partial charge in [0.05, 0.1) is 6.10 Å². The summed E-state index contributed by atoms with van der Waals surface area (Å²) in [6.45, 7) is 1.38. The molecule has 2 atom stereocenters. The zero-order chi connectivity index (χ0) is 12.8. The molecule has 2 unspecified atom stereocenters. The molecular weight excluding hydrogens is 242 g/mol. The number of pyridine rings is 1. The van der Waals surface area contributed by atoms with Crippen molar-refractivity contribution in [3.63, 3.8) is 0 Å². The Balaban J connectivity index is 2.77. The first-order chi connectivity index (χ1) is 8.06. The van der Waals surface area contributed by atoms with Crippen LogP contribution < -0.4 is 0 Å². The first kappa shape index (κ1) is 13.8. The Bertz CT molecular complexity index is 410. The van der Waals surface area contributed by atoms with E-state index < -0.39 is 12.2 Å². The first-order valence-electron chi connectivity index (χ1n) is 4.95. The van der Waals surface area contributed by atoms with Crippen LogP contribution in [-0.4, -0.2) is 38.5 Å². The van der Waals surface area contributed by atoms with Crippen molar-refractivity contribution in [3.05, 3.63) is 29.6 Å². The van der Waals surface area contributed by atoms with E-state index in [1.165, 1.54) is 25.4 Å². The van der Waals surface area contributed by atoms with Gasteiger partial charge < -0.3 is 10.2 Å². The van der Waals surface area contributed by atoms with Crippen LogP contribution in [0, 0.1) is 0 Å². The number of rotatable bonds is 5. The van der Waals surface area contributed by atoms with Gasteiger partial charge in [0.1, 0.15) is 6.10 Å². The van der Waals surface area contributed by atoms with Gasteiger partial charge in [0.25, 0.3) is 0 Å². The number of hydrogen-bond acceptors (Lipinski definition) is 6. The number of hydrogen-bond donors (Lipinski definition) is 2. The van der Waals surface area contributed by atoms with Crippen LogP contribution in [0.25, 0.3) is 0 Å². The van der Waals surface area contributed by atoms with Gasteiger partial charge in [-0.15, -0.1) is 0 Å². The summed E-state index contributed by atoms with van der Waals surface area (Å²) in [6.07, 6.45) is 1.00. The molecule has 5 nitrogen and oxygen atoms in total. The number of nitrogens with zero attached hydrogens (tertiary/aromatic N) is 1. The zero-order valence-corrected chi connectivity index (χ0v) is 10.1. The predicted molar refractivity (Wildman–Crippen MR) is 63.7 cm³/mol. The van der Waals surface area contributed by atoms with Gasteiger partial charge in [0, 0.05) is 36.2 Å². The van der Waals surface area contributed by atoms with Gasteiger partial charge in [0.2, 0.25) is 0 Å². The van der Waals surface area contributed by atoms with E-state index in [0.29, 0.717) is 6.29 Å². The fourth-order valence-electron chi connectivity index (χ4n) is 1.27. The minimum atomic E-state index is -1.23. The molecule has 0 fully saturated rings. The van der Waals surface area contributed by atoms with Crippen LogP contribution in [0.4, 0.5) is 0 Å². The number of carbonyl (C=O) groups is 2. The van der Waals surface area contributed by atoms with Crippen LogP contribution in [0.1, 0.15) is 28.9 Å². The van der Waals surface area contributed by atoms with Gasteiger partial charge in [-0.1, -0.05) is 11.8 Å². The molecule has 0 spiro atoms. The molecule has 2 N–H and O–H groups in total. The number of carbonyl (C=O) groups excluding carboxylic acids is 2. The number of aliphatic hydroxyl groups is 2.